The van der Waals surface area contributed by atoms with Gasteiger partial charge in [-0.15, -0.1) is 0 Å². The molecule has 6 heteroatoms. The SMILES string of the molecule is CC[C@H]1CN(C(=O)c2nn(C)c3c2CCCC3)CCC(=O)N1Cc1ccccc1. The first kappa shape index (κ1) is 19.7. The molecule has 0 saturated carbocycles. The van der Waals surface area contributed by atoms with Gasteiger partial charge in [-0.25, -0.2) is 0 Å². The maximum atomic E-state index is 13.4. The van der Waals surface area contributed by atoms with E-state index in [0.29, 0.717) is 31.7 Å². The van der Waals surface area contributed by atoms with Gasteiger partial charge < -0.3 is 9.80 Å². The van der Waals surface area contributed by atoms with Gasteiger partial charge in [0.1, 0.15) is 0 Å². The molecule has 2 aromatic rings. The highest BCUT2D eigenvalue weighted by Crippen LogP contribution is 2.26. The van der Waals surface area contributed by atoms with Gasteiger partial charge >= 0.3 is 0 Å². The van der Waals surface area contributed by atoms with E-state index in [4.69, 9.17) is 0 Å². The van der Waals surface area contributed by atoms with Crippen LogP contribution in [0.2, 0.25) is 0 Å². The van der Waals surface area contributed by atoms with Gasteiger partial charge in [-0.05, 0) is 37.7 Å². The van der Waals surface area contributed by atoms with Gasteiger partial charge in [-0.1, -0.05) is 37.3 Å². The Kier molecular flexibility index (Phi) is 5.69. The monoisotopic (exact) mass is 394 g/mol. The van der Waals surface area contributed by atoms with Gasteiger partial charge in [0.05, 0.1) is 0 Å². The van der Waals surface area contributed by atoms with Gasteiger partial charge in [0.15, 0.2) is 5.69 Å². The minimum atomic E-state index is -0.0171. The predicted octanol–water partition coefficient (Wildman–Crippen LogP) is 2.95. The number of carbonyl (C=O) groups is 2. The van der Waals surface area contributed by atoms with Gasteiger partial charge in [0.2, 0.25) is 5.91 Å². The van der Waals surface area contributed by atoms with Crippen LogP contribution in [0.1, 0.15) is 59.9 Å². The van der Waals surface area contributed by atoms with Crippen LogP contribution in [0.15, 0.2) is 30.3 Å². The van der Waals surface area contributed by atoms with Crippen molar-refractivity contribution in [3.05, 3.63) is 52.8 Å². The molecule has 1 aromatic carbocycles. The van der Waals surface area contributed by atoms with Crippen LogP contribution >= 0.6 is 0 Å². The first-order valence-corrected chi connectivity index (χ1v) is 10.8. The molecule has 1 saturated heterocycles. The molecule has 2 aliphatic rings. The van der Waals surface area contributed by atoms with Crippen LogP contribution in [-0.2, 0) is 31.2 Å². The zero-order valence-corrected chi connectivity index (χ0v) is 17.4. The fraction of sp³-hybridized carbons (Fsp3) is 0.522. The molecule has 1 atom stereocenters. The van der Waals surface area contributed by atoms with Gasteiger partial charge in [0.25, 0.3) is 5.91 Å². The summed E-state index contributed by atoms with van der Waals surface area (Å²) >= 11 is 0. The number of benzene rings is 1. The summed E-state index contributed by atoms with van der Waals surface area (Å²) in [7, 11) is 1.93. The lowest BCUT2D eigenvalue weighted by atomic mass is 9.95. The highest BCUT2D eigenvalue weighted by Gasteiger charge is 2.33. The van der Waals surface area contributed by atoms with Crippen LogP contribution in [0.25, 0.3) is 0 Å². The van der Waals surface area contributed by atoms with Crippen molar-refractivity contribution >= 4 is 11.8 Å². The summed E-state index contributed by atoms with van der Waals surface area (Å²) in [6.45, 7) is 3.72. The van der Waals surface area contributed by atoms with Crippen molar-refractivity contribution in [3.8, 4) is 0 Å². The number of hydrogen-bond acceptors (Lipinski definition) is 3. The van der Waals surface area contributed by atoms with Crippen molar-refractivity contribution in [3.63, 3.8) is 0 Å². The number of amides is 2. The molecule has 29 heavy (non-hydrogen) atoms. The fourth-order valence-electron chi connectivity index (χ4n) is 4.65. The number of aryl methyl sites for hydroxylation is 1. The van der Waals surface area contributed by atoms with Crippen LogP contribution < -0.4 is 0 Å². The second-order valence-corrected chi connectivity index (χ2v) is 8.18. The van der Waals surface area contributed by atoms with Crippen LogP contribution in [-0.4, -0.2) is 50.5 Å². The Morgan fingerprint density at radius 3 is 2.66 bits per heavy atom. The third kappa shape index (κ3) is 3.93. The Hall–Kier alpha value is -2.63. The van der Waals surface area contributed by atoms with E-state index in [9.17, 15) is 9.59 Å². The van der Waals surface area contributed by atoms with Crippen LogP contribution in [0.5, 0.6) is 0 Å². The molecule has 0 N–H and O–H groups in total. The van der Waals surface area contributed by atoms with E-state index < -0.39 is 0 Å². The smallest absolute Gasteiger partial charge is 0.274 e. The van der Waals surface area contributed by atoms with E-state index in [1.807, 2.05) is 51.9 Å². The largest absolute Gasteiger partial charge is 0.335 e. The number of hydrogen-bond donors (Lipinski definition) is 0. The van der Waals surface area contributed by atoms with Crippen molar-refractivity contribution < 1.29 is 9.59 Å². The molecule has 1 aliphatic heterocycles. The van der Waals surface area contributed by atoms with E-state index in [2.05, 4.69) is 12.0 Å². The third-order valence-electron chi connectivity index (χ3n) is 6.31. The van der Waals surface area contributed by atoms with Crippen molar-refractivity contribution in [2.75, 3.05) is 13.1 Å². The zero-order chi connectivity index (χ0) is 20.4. The molecule has 4 rings (SSSR count). The highest BCUT2D eigenvalue weighted by molar-refractivity contribution is 5.94. The van der Waals surface area contributed by atoms with Crippen molar-refractivity contribution in [1.82, 2.24) is 19.6 Å². The molecule has 0 bridgehead atoms. The summed E-state index contributed by atoms with van der Waals surface area (Å²) in [6, 6.07) is 10.1. The lowest BCUT2D eigenvalue weighted by molar-refractivity contribution is -0.133. The summed E-state index contributed by atoms with van der Waals surface area (Å²) in [6.07, 6.45) is 5.37. The average molecular weight is 395 g/mol. The van der Waals surface area contributed by atoms with E-state index in [0.717, 1.165) is 43.2 Å². The first-order valence-electron chi connectivity index (χ1n) is 10.8. The molecule has 0 spiro atoms. The molecule has 6 nitrogen and oxygen atoms in total. The second-order valence-electron chi connectivity index (χ2n) is 8.18. The summed E-state index contributed by atoms with van der Waals surface area (Å²) in [5.74, 6) is 0.107. The van der Waals surface area contributed by atoms with Crippen LogP contribution in [0, 0.1) is 0 Å². The highest BCUT2D eigenvalue weighted by atomic mass is 16.2. The topological polar surface area (TPSA) is 58.4 Å². The van der Waals surface area contributed by atoms with Gasteiger partial charge in [0, 0.05) is 50.4 Å². The Morgan fingerprint density at radius 1 is 1.14 bits per heavy atom. The Labute approximate surface area is 172 Å². The number of rotatable bonds is 4. The van der Waals surface area contributed by atoms with E-state index in [1.54, 1.807) is 0 Å². The minimum Gasteiger partial charge on any atom is -0.335 e. The summed E-state index contributed by atoms with van der Waals surface area (Å²) in [4.78, 5) is 30.1. The number of nitrogens with zero attached hydrogens (tertiary/aromatic N) is 4. The summed E-state index contributed by atoms with van der Waals surface area (Å²) in [5, 5.41) is 4.58. The second kappa shape index (κ2) is 8.39. The van der Waals surface area contributed by atoms with Crippen LogP contribution in [0.3, 0.4) is 0 Å². The lowest BCUT2D eigenvalue weighted by Gasteiger charge is -2.31. The Bertz CT molecular complexity index is 890. The summed E-state index contributed by atoms with van der Waals surface area (Å²) in [5.41, 5.74) is 4.04. The van der Waals surface area contributed by atoms with Crippen molar-refractivity contribution in [1.29, 1.82) is 0 Å². The first-order chi connectivity index (χ1) is 14.1. The summed E-state index contributed by atoms with van der Waals surface area (Å²) < 4.78 is 1.88. The van der Waals surface area contributed by atoms with Crippen LogP contribution in [0.4, 0.5) is 0 Å². The molecular formula is C23H30N4O2. The minimum absolute atomic E-state index is 0.0171. The molecule has 2 amide bonds. The van der Waals surface area contributed by atoms with Gasteiger partial charge in [-0.3, -0.25) is 14.3 Å². The molecule has 1 aliphatic carbocycles. The Balaban J connectivity index is 1.56. The maximum absolute atomic E-state index is 13.4. The molecule has 1 aromatic heterocycles. The maximum Gasteiger partial charge on any atom is 0.274 e. The quantitative estimate of drug-likeness (QED) is 0.801. The average Bonchev–Trinajstić information content (AvgIpc) is 3.00. The molecule has 0 radical (unpaired) electrons. The third-order valence-corrected chi connectivity index (χ3v) is 6.31. The number of carbonyl (C=O) groups excluding carboxylic acids is 2. The lowest BCUT2D eigenvalue weighted by Crippen LogP contribution is -2.44. The predicted molar refractivity (Wildman–Crippen MR) is 111 cm³/mol. The zero-order valence-electron chi connectivity index (χ0n) is 17.4. The van der Waals surface area contributed by atoms with Crippen molar-refractivity contribution in [2.24, 2.45) is 7.05 Å². The molecular weight excluding hydrogens is 364 g/mol. The van der Waals surface area contributed by atoms with E-state index >= 15 is 0 Å². The van der Waals surface area contributed by atoms with Gasteiger partial charge in [-0.2, -0.15) is 5.10 Å². The number of fused-ring (bicyclic) bond motifs is 1. The standard InChI is InChI=1S/C23H30N4O2/c1-3-18-16-26(14-13-21(28)27(18)15-17-9-5-4-6-10-17)23(29)22-19-11-7-8-12-20(19)25(2)24-22/h4-6,9-10,18H,3,7-8,11-16H2,1-2H3/t18-/m0/s1. The molecule has 2 heterocycles. The molecule has 0 unspecified atom stereocenters. The molecule has 1 fully saturated rings. The normalized spacial score (nSPS) is 19.8. The number of aromatic nitrogens is 2. The van der Waals surface area contributed by atoms with E-state index in [-0.39, 0.29) is 17.9 Å². The molecule has 154 valence electrons. The Morgan fingerprint density at radius 2 is 1.90 bits per heavy atom. The van der Waals surface area contributed by atoms with E-state index in [1.165, 1.54) is 5.69 Å². The van der Waals surface area contributed by atoms with Crippen molar-refractivity contribution in [2.45, 2.75) is 58.0 Å². The fourth-order valence-corrected chi connectivity index (χ4v) is 4.65.